The fourth-order valence-corrected chi connectivity index (χ4v) is 2.03. The largest absolute Gasteiger partial charge is 0.482 e. The molecule has 4 nitrogen and oxygen atoms in total. The number of carbonyl (C=O) groups is 1. The van der Waals surface area contributed by atoms with E-state index >= 15 is 0 Å². The standard InChI is InChI=1S/C15H23ClN2O2/c1-4-11(3)18-14(19)9-20-15-12(8-10(2)17)6-5-7-13(15)16/h5-7,10-11H,4,8-9,17H2,1-3H3,(H,18,19). The lowest BCUT2D eigenvalue weighted by atomic mass is 10.1. The van der Waals surface area contributed by atoms with Gasteiger partial charge in [0.2, 0.25) is 0 Å². The molecule has 0 radical (unpaired) electrons. The molecular weight excluding hydrogens is 276 g/mol. The molecule has 1 aromatic carbocycles. The van der Waals surface area contributed by atoms with Crippen LogP contribution in [-0.4, -0.2) is 24.6 Å². The Morgan fingerprint density at radius 3 is 2.75 bits per heavy atom. The van der Waals surface area contributed by atoms with Gasteiger partial charge in [-0.1, -0.05) is 30.7 Å². The number of para-hydroxylation sites is 1. The van der Waals surface area contributed by atoms with Crippen LogP contribution >= 0.6 is 11.6 Å². The van der Waals surface area contributed by atoms with Gasteiger partial charge in [0.1, 0.15) is 5.75 Å². The highest BCUT2D eigenvalue weighted by Crippen LogP contribution is 2.29. The third kappa shape index (κ3) is 5.39. The van der Waals surface area contributed by atoms with Crippen LogP contribution in [0.15, 0.2) is 18.2 Å². The second-order valence-electron chi connectivity index (χ2n) is 5.07. The van der Waals surface area contributed by atoms with E-state index in [9.17, 15) is 4.79 Å². The van der Waals surface area contributed by atoms with Gasteiger partial charge >= 0.3 is 0 Å². The van der Waals surface area contributed by atoms with E-state index in [-0.39, 0.29) is 24.6 Å². The lowest BCUT2D eigenvalue weighted by molar-refractivity contribution is -0.123. The maximum absolute atomic E-state index is 11.7. The summed E-state index contributed by atoms with van der Waals surface area (Å²) in [6.07, 6.45) is 1.54. The van der Waals surface area contributed by atoms with E-state index in [1.165, 1.54) is 0 Å². The van der Waals surface area contributed by atoms with Crippen molar-refractivity contribution in [3.63, 3.8) is 0 Å². The molecule has 1 aromatic rings. The second-order valence-corrected chi connectivity index (χ2v) is 5.48. The predicted molar refractivity (Wildman–Crippen MR) is 82.2 cm³/mol. The summed E-state index contributed by atoms with van der Waals surface area (Å²) in [6.45, 7) is 5.84. The third-order valence-electron chi connectivity index (χ3n) is 2.96. The molecule has 0 aliphatic heterocycles. The molecule has 0 fully saturated rings. The van der Waals surface area contributed by atoms with E-state index in [1.54, 1.807) is 6.07 Å². The molecule has 0 spiro atoms. The number of hydrogen-bond donors (Lipinski definition) is 2. The minimum atomic E-state index is -0.147. The molecule has 2 unspecified atom stereocenters. The highest BCUT2D eigenvalue weighted by atomic mass is 35.5. The SMILES string of the molecule is CCC(C)NC(=O)COc1c(Cl)cccc1CC(C)N. The molecule has 0 aliphatic rings. The zero-order valence-electron chi connectivity index (χ0n) is 12.3. The highest BCUT2D eigenvalue weighted by Gasteiger charge is 2.12. The quantitative estimate of drug-likeness (QED) is 0.813. The molecule has 20 heavy (non-hydrogen) atoms. The van der Waals surface area contributed by atoms with Gasteiger partial charge in [-0.05, 0) is 38.3 Å². The molecular formula is C15H23ClN2O2. The number of amides is 1. The van der Waals surface area contributed by atoms with Crippen molar-refractivity contribution in [3.05, 3.63) is 28.8 Å². The van der Waals surface area contributed by atoms with E-state index in [0.29, 0.717) is 17.2 Å². The average molecular weight is 299 g/mol. The minimum absolute atomic E-state index is 0.00440. The van der Waals surface area contributed by atoms with E-state index < -0.39 is 0 Å². The first kappa shape index (κ1) is 16.8. The summed E-state index contributed by atoms with van der Waals surface area (Å²) in [5, 5.41) is 3.35. The molecule has 112 valence electrons. The van der Waals surface area contributed by atoms with Gasteiger partial charge < -0.3 is 15.8 Å². The van der Waals surface area contributed by atoms with Gasteiger partial charge in [0.15, 0.2) is 6.61 Å². The van der Waals surface area contributed by atoms with Crippen LogP contribution in [0, 0.1) is 0 Å². The Bertz CT molecular complexity index is 449. The molecule has 0 bridgehead atoms. The zero-order valence-corrected chi connectivity index (χ0v) is 13.0. The van der Waals surface area contributed by atoms with Gasteiger partial charge in [-0.3, -0.25) is 4.79 Å². The molecule has 0 heterocycles. The molecule has 0 saturated carbocycles. The van der Waals surface area contributed by atoms with Crippen LogP contribution in [0.1, 0.15) is 32.8 Å². The van der Waals surface area contributed by atoms with E-state index in [1.807, 2.05) is 32.9 Å². The van der Waals surface area contributed by atoms with Crippen LogP contribution in [0.4, 0.5) is 0 Å². The summed E-state index contributed by atoms with van der Waals surface area (Å²) < 4.78 is 5.58. The third-order valence-corrected chi connectivity index (χ3v) is 3.26. The summed E-state index contributed by atoms with van der Waals surface area (Å²) in [7, 11) is 0. The Balaban J connectivity index is 2.69. The van der Waals surface area contributed by atoms with Crippen LogP contribution in [0.5, 0.6) is 5.75 Å². The van der Waals surface area contributed by atoms with Crippen LogP contribution in [-0.2, 0) is 11.2 Å². The molecule has 1 rings (SSSR count). The first-order valence-electron chi connectivity index (χ1n) is 6.89. The zero-order chi connectivity index (χ0) is 15.1. The molecule has 0 aliphatic carbocycles. The average Bonchev–Trinajstić information content (AvgIpc) is 2.37. The molecule has 1 amide bonds. The highest BCUT2D eigenvalue weighted by molar-refractivity contribution is 6.32. The minimum Gasteiger partial charge on any atom is -0.482 e. The first-order chi connectivity index (χ1) is 9.43. The smallest absolute Gasteiger partial charge is 0.258 e. The summed E-state index contributed by atoms with van der Waals surface area (Å²) in [5.41, 5.74) is 6.73. The first-order valence-corrected chi connectivity index (χ1v) is 7.27. The lowest BCUT2D eigenvalue weighted by Crippen LogP contribution is -2.35. The normalized spacial score (nSPS) is 13.7. The monoisotopic (exact) mass is 298 g/mol. The molecule has 3 N–H and O–H groups in total. The maximum atomic E-state index is 11.7. The van der Waals surface area contributed by atoms with Crippen molar-refractivity contribution in [2.45, 2.75) is 45.7 Å². The number of nitrogens with one attached hydrogen (secondary N) is 1. The Hall–Kier alpha value is -1.26. The van der Waals surface area contributed by atoms with Crippen molar-refractivity contribution in [3.8, 4) is 5.75 Å². The molecule has 2 atom stereocenters. The van der Waals surface area contributed by atoms with Gasteiger partial charge in [0, 0.05) is 12.1 Å². The Kier molecular flexibility index (Phi) is 6.82. The maximum Gasteiger partial charge on any atom is 0.258 e. The van der Waals surface area contributed by atoms with Gasteiger partial charge in [-0.15, -0.1) is 0 Å². The van der Waals surface area contributed by atoms with Crippen molar-refractivity contribution in [2.75, 3.05) is 6.61 Å². The number of carbonyl (C=O) groups excluding carboxylic acids is 1. The summed E-state index contributed by atoms with van der Waals surface area (Å²) in [6, 6.07) is 5.66. The topological polar surface area (TPSA) is 64.3 Å². The van der Waals surface area contributed by atoms with Crippen molar-refractivity contribution >= 4 is 17.5 Å². The Morgan fingerprint density at radius 2 is 2.15 bits per heavy atom. The second kappa shape index (κ2) is 8.12. The number of nitrogens with two attached hydrogens (primary N) is 1. The fraction of sp³-hybridized carbons (Fsp3) is 0.533. The fourth-order valence-electron chi connectivity index (χ4n) is 1.78. The van der Waals surface area contributed by atoms with E-state index in [4.69, 9.17) is 22.1 Å². The summed E-state index contributed by atoms with van der Waals surface area (Å²) in [4.78, 5) is 11.7. The number of ether oxygens (including phenoxy) is 1. The van der Waals surface area contributed by atoms with E-state index in [2.05, 4.69) is 5.32 Å². The van der Waals surface area contributed by atoms with Crippen LogP contribution in [0.3, 0.4) is 0 Å². The van der Waals surface area contributed by atoms with E-state index in [0.717, 1.165) is 12.0 Å². The van der Waals surface area contributed by atoms with Crippen molar-refractivity contribution in [1.82, 2.24) is 5.32 Å². The van der Waals surface area contributed by atoms with Gasteiger partial charge in [-0.2, -0.15) is 0 Å². The number of halogens is 1. The molecule has 5 heteroatoms. The Morgan fingerprint density at radius 1 is 1.45 bits per heavy atom. The predicted octanol–water partition coefficient (Wildman–Crippen LogP) is 2.52. The van der Waals surface area contributed by atoms with Gasteiger partial charge in [-0.25, -0.2) is 0 Å². The number of benzene rings is 1. The van der Waals surface area contributed by atoms with Gasteiger partial charge in [0.05, 0.1) is 5.02 Å². The van der Waals surface area contributed by atoms with Crippen LogP contribution in [0.2, 0.25) is 5.02 Å². The van der Waals surface area contributed by atoms with Gasteiger partial charge in [0.25, 0.3) is 5.91 Å². The number of rotatable bonds is 7. The molecule has 0 saturated heterocycles. The lowest BCUT2D eigenvalue weighted by Gasteiger charge is -2.16. The Labute approximate surface area is 125 Å². The van der Waals surface area contributed by atoms with Crippen LogP contribution in [0.25, 0.3) is 0 Å². The van der Waals surface area contributed by atoms with Crippen molar-refractivity contribution < 1.29 is 9.53 Å². The van der Waals surface area contributed by atoms with Crippen molar-refractivity contribution in [1.29, 1.82) is 0 Å². The molecule has 0 aromatic heterocycles. The number of hydrogen-bond acceptors (Lipinski definition) is 3. The van der Waals surface area contributed by atoms with Crippen molar-refractivity contribution in [2.24, 2.45) is 5.73 Å². The summed E-state index contributed by atoms with van der Waals surface area (Å²) in [5.74, 6) is 0.400. The van der Waals surface area contributed by atoms with Crippen LogP contribution < -0.4 is 15.8 Å². The summed E-state index contributed by atoms with van der Waals surface area (Å²) >= 11 is 6.13.